The van der Waals surface area contributed by atoms with E-state index in [4.69, 9.17) is 23.2 Å². The number of rotatable bonds is 6. The molecule has 1 atom stereocenters. The van der Waals surface area contributed by atoms with Crippen LogP contribution in [0.1, 0.15) is 44.6 Å². The van der Waals surface area contributed by atoms with Crippen molar-refractivity contribution in [1.82, 2.24) is 15.2 Å². The van der Waals surface area contributed by atoms with Crippen molar-refractivity contribution in [1.29, 1.82) is 0 Å². The molecule has 1 aromatic heterocycles. The molecule has 0 radical (unpaired) electrons. The Labute approximate surface area is 205 Å². The molecule has 2 saturated heterocycles. The van der Waals surface area contributed by atoms with Gasteiger partial charge in [-0.3, -0.25) is 14.5 Å². The summed E-state index contributed by atoms with van der Waals surface area (Å²) in [6, 6.07) is 11.8. The van der Waals surface area contributed by atoms with E-state index in [9.17, 15) is 9.59 Å². The lowest BCUT2D eigenvalue weighted by molar-refractivity contribution is -0.130. The number of nitrogens with zero attached hydrogens (tertiary/aromatic N) is 3. The van der Waals surface area contributed by atoms with Gasteiger partial charge < -0.3 is 10.2 Å². The molecule has 2 amide bonds. The van der Waals surface area contributed by atoms with Gasteiger partial charge in [0, 0.05) is 50.6 Å². The Kier molecular flexibility index (Phi) is 7.57. The molecule has 0 saturated carbocycles. The highest BCUT2D eigenvalue weighted by Crippen LogP contribution is 2.40. The number of hydrogen-bond acceptors (Lipinski definition) is 4. The van der Waals surface area contributed by atoms with Crippen LogP contribution in [0.2, 0.25) is 10.0 Å². The average Bonchev–Trinajstić information content (AvgIpc) is 2.83. The van der Waals surface area contributed by atoms with Gasteiger partial charge in [-0.05, 0) is 62.1 Å². The zero-order valence-corrected chi connectivity index (χ0v) is 20.4. The summed E-state index contributed by atoms with van der Waals surface area (Å²) in [5.74, 6) is 0.915. The number of aromatic nitrogens is 1. The molecule has 4 rings (SSSR count). The lowest BCUT2D eigenvalue weighted by Gasteiger charge is -2.43. The minimum absolute atomic E-state index is 0.0916. The first kappa shape index (κ1) is 24.0. The van der Waals surface area contributed by atoms with Crippen molar-refractivity contribution in [3.8, 4) is 0 Å². The van der Waals surface area contributed by atoms with E-state index >= 15 is 0 Å². The summed E-state index contributed by atoms with van der Waals surface area (Å²) in [6.07, 6.45) is 5.68. The van der Waals surface area contributed by atoms with Crippen LogP contribution in [0.3, 0.4) is 0 Å². The highest BCUT2D eigenvalue weighted by Gasteiger charge is 2.41. The van der Waals surface area contributed by atoms with E-state index in [1.165, 1.54) is 0 Å². The van der Waals surface area contributed by atoms with Crippen molar-refractivity contribution in [3.05, 3.63) is 58.2 Å². The Morgan fingerprint density at radius 3 is 2.64 bits per heavy atom. The maximum Gasteiger partial charge on any atom is 0.228 e. The summed E-state index contributed by atoms with van der Waals surface area (Å²) >= 11 is 12.6. The summed E-state index contributed by atoms with van der Waals surface area (Å²) in [5, 5.41) is 4.75. The van der Waals surface area contributed by atoms with Gasteiger partial charge in [-0.1, -0.05) is 35.3 Å². The highest BCUT2D eigenvalue weighted by molar-refractivity contribution is 6.42. The third-order valence-corrected chi connectivity index (χ3v) is 7.75. The van der Waals surface area contributed by atoms with E-state index in [1.807, 2.05) is 41.3 Å². The molecule has 3 heterocycles. The third-order valence-electron chi connectivity index (χ3n) is 7.01. The van der Waals surface area contributed by atoms with Gasteiger partial charge in [0.15, 0.2) is 0 Å². The number of hydrogen-bond donors (Lipinski definition) is 1. The Balaban J connectivity index is 1.52. The molecule has 0 bridgehead atoms. The zero-order valence-electron chi connectivity index (χ0n) is 18.9. The van der Waals surface area contributed by atoms with Gasteiger partial charge in [0.2, 0.25) is 11.8 Å². The monoisotopic (exact) mass is 488 g/mol. The molecule has 2 fully saturated rings. The normalized spacial score (nSPS) is 22.0. The Hall–Kier alpha value is -2.15. The number of pyridine rings is 1. The minimum atomic E-state index is -0.257. The van der Waals surface area contributed by atoms with Crippen molar-refractivity contribution in [2.45, 2.75) is 50.5 Å². The molecule has 6 nitrogen and oxygen atoms in total. The molecule has 2 aromatic rings. The number of anilines is 1. The second-order valence-corrected chi connectivity index (χ2v) is 9.88. The van der Waals surface area contributed by atoms with E-state index in [0.29, 0.717) is 34.9 Å². The van der Waals surface area contributed by atoms with Crippen LogP contribution in [-0.2, 0) is 15.0 Å². The standard InChI is InChI=1S/C25H30Cl2N4O2/c1-18(32)30-14-8-20(9-15-30)28-13-11-25(19-5-6-21(26)22(27)16-19)10-7-24(33)31(17-25)23-4-2-3-12-29-23/h2-6,12,16,20,28H,7-11,13-15,17H2,1H3/t25-/m1/s1. The maximum atomic E-state index is 12.8. The van der Waals surface area contributed by atoms with Crippen molar-refractivity contribution in [2.75, 3.05) is 31.1 Å². The predicted octanol–water partition coefficient (Wildman–Crippen LogP) is 4.44. The number of benzene rings is 1. The highest BCUT2D eigenvalue weighted by atomic mass is 35.5. The second-order valence-electron chi connectivity index (χ2n) is 9.06. The minimum Gasteiger partial charge on any atom is -0.343 e. The molecular weight excluding hydrogens is 459 g/mol. The number of amides is 2. The van der Waals surface area contributed by atoms with Crippen molar-refractivity contribution in [3.63, 3.8) is 0 Å². The molecule has 2 aliphatic rings. The molecule has 0 spiro atoms. The van der Waals surface area contributed by atoms with Gasteiger partial charge in [0.25, 0.3) is 0 Å². The van der Waals surface area contributed by atoms with Crippen LogP contribution in [0.5, 0.6) is 0 Å². The smallest absolute Gasteiger partial charge is 0.228 e. The molecule has 33 heavy (non-hydrogen) atoms. The Morgan fingerprint density at radius 1 is 1.18 bits per heavy atom. The number of likely N-dealkylation sites (tertiary alicyclic amines) is 1. The molecule has 0 unspecified atom stereocenters. The van der Waals surface area contributed by atoms with E-state index in [-0.39, 0.29) is 17.2 Å². The van der Waals surface area contributed by atoms with Gasteiger partial charge in [-0.2, -0.15) is 0 Å². The van der Waals surface area contributed by atoms with Crippen LogP contribution >= 0.6 is 23.2 Å². The van der Waals surface area contributed by atoms with Crippen molar-refractivity contribution < 1.29 is 9.59 Å². The van der Waals surface area contributed by atoms with E-state index in [0.717, 1.165) is 50.9 Å². The Morgan fingerprint density at radius 2 is 1.97 bits per heavy atom. The summed E-state index contributed by atoms with van der Waals surface area (Å²) in [6.45, 7) is 4.59. The van der Waals surface area contributed by atoms with Gasteiger partial charge in [0.05, 0.1) is 10.0 Å². The van der Waals surface area contributed by atoms with Gasteiger partial charge in [0.1, 0.15) is 5.82 Å². The number of halogens is 2. The van der Waals surface area contributed by atoms with Crippen LogP contribution in [0.4, 0.5) is 5.82 Å². The number of nitrogens with one attached hydrogen (secondary N) is 1. The van der Waals surface area contributed by atoms with Crippen molar-refractivity contribution >= 4 is 40.8 Å². The largest absolute Gasteiger partial charge is 0.343 e. The first-order chi connectivity index (χ1) is 15.9. The molecule has 176 valence electrons. The molecule has 2 aliphatic heterocycles. The predicted molar refractivity (Wildman–Crippen MR) is 132 cm³/mol. The summed E-state index contributed by atoms with van der Waals surface area (Å²) < 4.78 is 0. The molecule has 1 N–H and O–H groups in total. The fourth-order valence-electron chi connectivity index (χ4n) is 5.00. The van der Waals surface area contributed by atoms with Crippen molar-refractivity contribution in [2.24, 2.45) is 0 Å². The quantitative estimate of drug-likeness (QED) is 0.652. The molecular formula is C25H30Cl2N4O2. The van der Waals surface area contributed by atoms with Crippen LogP contribution in [0.25, 0.3) is 0 Å². The molecule has 1 aromatic carbocycles. The fourth-order valence-corrected chi connectivity index (χ4v) is 5.30. The summed E-state index contributed by atoms with van der Waals surface area (Å²) in [4.78, 5) is 32.6. The first-order valence-electron chi connectivity index (χ1n) is 11.5. The Bertz CT molecular complexity index is 995. The number of carbonyl (C=O) groups is 2. The molecule has 0 aliphatic carbocycles. The number of piperidine rings is 2. The lowest BCUT2D eigenvalue weighted by atomic mass is 9.71. The van der Waals surface area contributed by atoms with Crippen LogP contribution < -0.4 is 10.2 Å². The van der Waals surface area contributed by atoms with Crippen LogP contribution in [0.15, 0.2) is 42.6 Å². The summed E-state index contributed by atoms with van der Waals surface area (Å²) in [7, 11) is 0. The second kappa shape index (κ2) is 10.4. The SMILES string of the molecule is CC(=O)N1CCC(NCC[C@]2(c3ccc(Cl)c(Cl)c3)CCC(=O)N(c3ccccn3)C2)CC1. The van der Waals surface area contributed by atoms with Gasteiger partial charge >= 0.3 is 0 Å². The third kappa shape index (κ3) is 5.51. The van der Waals surface area contributed by atoms with E-state index in [1.54, 1.807) is 18.0 Å². The lowest BCUT2D eigenvalue weighted by Crippen LogP contribution is -2.51. The summed E-state index contributed by atoms with van der Waals surface area (Å²) in [5.41, 5.74) is 0.839. The first-order valence-corrected chi connectivity index (χ1v) is 12.3. The van der Waals surface area contributed by atoms with Crippen LogP contribution in [-0.4, -0.2) is 53.9 Å². The van der Waals surface area contributed by atoms with E-state index < -0.39 is 0 Å². The van der Waals surface area contributed by atoms with Gasteiger partial charge in [-0.15, -0.1) is 0 Å². The fraction of sp³-hybridized carbons (Fsp3) is 0.480. The van der Waals surface area contributed by atoms with Crippen LogP contribution in [0, 0.1) is 0 Å². The maximum absolute atomic E-state index is 12.8. The average molecular weight is 489 g/mol. The molecule has 8 heteroatoms. The van der Waals surface area contributed by atoms with Gasteiger partial charge in [-0.25, -0.2) is 4.98 Å². The zero-order chi connectivity index (χ0) is 23.4. The number of carbonyl (C=O) groups excluding carboxylic acids is 2. The van der Waals surface area contributed by atoms with E-state index in [2.05, 4.69) is 10.3 Å². The topological polar surface area (TPSA) is 65.5 Å².